The van der Waals surface area contributed by atoms with E-state index in [2.05, 4.69) is 0 Å². The van der Waals surface area contributed by atoms with Crippen molar-refractivity contribution < 1.29 is 9.59 Å². The van der Waals surface area contributed by atoms with Crippen molar-refractivity contribution in [3.05, 3.63) is 0 Å². The highest BCUT2D eigenvalue weighted by Gasteiger charge is 2.26. The van der Waals surface area contributed by atoms with Gasteiger partial charge in [-0.1, -0.05) is 0 Å². The average molecular weight is 142 g/mol. The number of carbonyl (C=O) groups is 2. The van der Waals surface area contributed by atoms with Crippen LogP contribution in [0, 0.1) is 0 Å². The van der Waals surface area contributed by atoms with Gasteiger partial charge in [0.05, 0.1) is 13.3 Å². The Kier molecular flexibility index (Phi) is 1.61. The first-order chi connectivity index (χ1) is 4.61. The highest BCUT2D eigenvalue weighted by Crippen LogP contribution is 2.07. The van der Waals surface area contributed by atoms with Gasteiger partial charge in [0.25, 0.3) is 0 Å². The molecule has 1 heterocycles. The topological polar surface area (TPSA) is 40.6 Å². The van der Waals surface area contributed by atoms with Crippen molar-refractivity contribution in [1.82, 2.24) is 9.80 Å². The summed E-state index contributed by atoms with van der Waals surface area (Å²) >= 11 is 0. The number of hydrogen-bond donors (Lipinski definition) is 0. The van der Waals surface area contributed by atoms with Gasteiger partial charge in [-0.3, -0.25) is 9.59 Å². The first kappa shape index (κ1) is 7.05. The fourth-order valence-electron chi connectivity index (χ4n) is 0.769. The normalized spacial score (nSPS) is 16.6. The molecule has 1 fully saturated rings. The second-order valence-corrected chi connectivity index (χ2v) is 2.40. The molecule has 0 aliphatic carbocycles. The van der Waals surface area contributed by atoms with Gasteiger partial charge >= 0.3 is 0 Å². The third-order valence-corrected chi connectivity index (χ3v) is 1.57. The molecule has 0 unspecified atom stereocenters. The minimum atomic E-state index is 0.0255. The Morgan fingerprint density at radius 2 is 1.30 bits per heavy atom. The fraction of sp³-hybridized carbons (Fsp3) is 0.667. The van der Waals surface area contributed by atoms with Crippen LogP contribution in [0.3, 0.4) is 0 Å². The molecular formula is C6H10N2O2. The van der Waals surface area contributed by atoms with Crippen LogP contribution in [0.4, 0.5) is 0 Å². The van der Waals surface area contributed by atoms with E-state index in [4.69, 9.17) is 0 Å². The summed E-state index contributed by atoms with van der Waals surface area (Å²) in [4.78, 5) is 24.4. The minimum Gasteiger partial charge on any atom is -0.307 e. The van der Waals surface area contributed by atoms with E-state index in [1.165, 1.54) is 13.8 Å². The molecule has 56 valence electrons. The molecule has 1 aliphatic heterocycles. The lowest BCUT2D eigenvalue weighted by Gasteiger charge is -2.41. The minimum absolute atomic E-state index is 0.0255. The molecule has 0 N–H and O–H groups in total. The zero-order chi connectivity index (χ0) is 7.72. The highest BCUT2D eigenvalue weighted by molar-refractivity contribution is 5.78. The van der Waals surface area contributed by atoms with Crippen LogP contribution in [0.15, 0.2) is 0 Å². The van der Waals surface area contributed by atoms with Crippen LogP contribution in [0.2, 0.25) is 0 Å². The first-order valence-electron chi connectivity index (χ1n) is 3.12. The Labute approximate surface area is 59.4 Å². The number of amides is 2. The van der Waals surface area contributed by atoms with Crippen molar-refractivity contribution in [3.63, 3.8) is 0 Å². The van der Waals surface area contributed by atoms with Gasteiger partial charge in [-0.05, 0) is 0 Å². The summed E-state index contributed by atoms with van der Waals surface area (Å²) in [5, 5.41) is 0. The SMILES string of the molecule is CC(=O)N1CN(C(C)=O)C1. The summed E-state index contributed by atoms with van der Waals surface area (Å²) in [7, 11) is 0. The van der Waals surface area contributed by atoms with Crippen LogP contribution >= 0.6 is 0 Å². The van der Waals surface area contributed by atoms with Crippen LogP contribution in [-0.4, -0.2) is 35.0 Å². The van der Waals surface area contributed by atoms with Crippen molar-refractivity contribution in [2.75, 3.05) is 13.3 Å². The van der Waals surface area contributed by atoms with Gasteiger partial charge in [-0.15, -0.1) is 0 Å². The molecule has 0 spiro atoms. The molecule has 0 atom stereocenters. The van der Waals surface area contributed by atoms with Crippen LogP contribution in [0.5, 0.6) is 0 Å². The van der Waals surface area contributed by atoms with E-state index in [-0.39, 0.29) is 11.8 Å². The van der Waals surface area contributed by atoms with Crippen LogP contribution in [-0.2, 0) is 9.59 Å². The Balaban J connectivity index is 2.31. The lowest BCUT2D eigenvalue weighted by Crippen LogP contribution is -2.58. The Hall–Kier alpha value is -1.06. The molecule has 0 aromatic heterocycles. The van der Waals surface area contributed by atoms with E-state index in [0.29, 0.717) is 13.3 Å². The van der Waals surface area contributed by atoms with Gasteiger partial charge in [0.1, 0.15) is 0 Å². The smallest absolute Gasteiger partial charge is 0.222 e. The average Bonchev–Trinajstić information content (AvgIpc) is 1.56. The molecule has 1 saturated heterocycles. The largest absolute Gasteiger partial charge is 0.307 e. The quantitative estimate of drug-likeness (QED) is 0.462. The third kappa shape index (κ3) is 1.10. The molecule has 0 bridgehead atoms. The van der Waals surface area contributed by atoms with Crippen molar-refractivity contribution in [1.29, 1.82) is 0 Å². The van der Waals surface area contributed by atoms with Gasteiger partial charge in [0.2, 0.25) is 11.8 Å². The van der Waals surface area contributed by atoms with E-state index in [0.717, 1.165) is 0 Å². The maximum atomic E-state index is 10.6. The first-order valence-corrected chi connectivity index (χ1v) is 3.12. The summed E-state index contributed by atoms with van der Waals surface area (Å²) in [6, 6.07) is 0. The van der Waals surface area contributed by atoms with Crippen LogP contribution in [0.1, 0.15) is 13.8 Å². The molecule has 0 saturated carbocycles. The summed E-state index contributed by atoms with van der Waals surface area (Å²) in [5.41, 5.74) is 0. The maximum absolute atomic E-state index is 10.6. The number of nitrogens with zero attached hydrogens (tertiary/aromatic N) is 2. The van der Waals surface area contributed by atoms with Gasteiger partial charge in [-0.25, -0.2) is 0 Å². The van der Waals surface area contributed by atoms with Gasteiger partial charge < -0.3 is 9.80 Å². The van der Waals surface area contributed by atoms with Crippen LogP contribution in [0.25, 0.3) is 0 Å². The second-order valence-electron chi connectivity index (χ2n) is 2.40. The van der Waals surface area contributed by atoms with Gasteiger partial charge in [-0.2, -0.15) is 0 Å². The predicted octanol–water partition coefficient (Wildman–Crippen LogP) is -0.388. The fourth-order valence-corrected chi connectivity index (χ4v) is 0.769. The standard InChI is InChI=1S/C6H10N2O2/c1-5(9)7-3-8(4-7)6(2)10/h3-4H2,1-2H3. The van der Waals surface area contributed by atoms with E-state index in [9.17, 15) is 9.59 Å². The van der Waals surface area contributed by atoms with E-state index in [1.807, 2.05) is 0 Å². The molecule has 4 heteroatoms. The Morgan fingerprint density at radius 1 is 1.00 bits per heavy atom. The van der Waals surface area contributed by atoms with Gasteiger partial charge in [0.15, 0.2) is 0 Å². The molecule has 0 aromatic carbocycles. The molecule has 1 aliphatic rings. The zero-order valence-electron chi connectivity index (χ0n) is 6.13. The molecule has 0 radical (unpaired) electrons. The van der Waals surface area contributed by atoms with Crippen molar-refractivity contribution in [3.8, 4) is 0 Å². The molecule has 1 rings (SSSR count). The Morgan fingerprint density at radius 3 is 1.50 bits per heavy atom. The monoisotopic (exact) mass is 142 g/mol. The van der Waals surface area contributed by atoms with E-state index < -0.39 is 0 Å². The second kappa shape index (κ2) is 2.28. The number of hydrogen-bond acceptors (Lipinski definition) is 2. The summed E-state index contributed by atoms with van der Waals surface area (Å²) in [5.74, 6) is 0.0509. The summed E-state index contributed by atoms with van der Waals surface area (Å²) < 4.78 is 0. The molecule has 10 heavy (non-hydrogen) atoms. The molecule has 0 aromatic rings. The summed E-state index contributed by atoms with van der Waals surface area (Å²) in [6.45, 7) is 3.92. The lowest BCUT2D eigenvalue weighted by molar-refractivity contribution is -0.156. The maximum Gasteiger partial charge on any atom is 0.222 e. The van der Waals surface area contributed by atoms with Crippen molar-refractivity contribution in [2.45, 2.75) is 13.8 Å². The van der Waals surface area contributed by atoms with Crippen LogP contribution < -0.4 is 0 Å². The number of rotatable bonds is 0. The molecule has 4 nitrogen and oxygen atoms in total. The molecular weight excluding hydrogens is 132 g/mol. The van der Waals surface area contributed by atoms with Crippen molar-refractivity contribution in [2.24, 2.45) is 0 Å². The summed E-state index contributed by atoms with van der Waals surface area (Å²) in [6.07, 6.45) is 0. The third-order valence-electron chi connectivity index (χ3n) is 1.57. The predicted molar refractivity (Wildman–Crippen MR) is 34.8 cm³/mol. The van der Waals surface area contributed by atoms with Crippen molar-refractivity contribution >= 4 is 11.8 Å². The van der Waals surface area contributed by atoms with Gasteiger partial charge in [0, 0.05) is 13.8 Å². The molecule has 2 amide bonds. The van der Waals surface area contributed by atoms with E-state index >= 15 is 0 Å². The van der Waals surface area contributed by atoms with E-state index in [1.54, 1.807) is 9.80 Å². The zero-order valence-corrected chi connectivity index (χ0v) is 6.13. The highest BCUT2D eigenvalue weighted by atomic mass is 16.2. The number of carbonyl (C=O) groups excluding carboxylic acids is 2. The lowest BCUT2D eigenvalue weighted by atomic mass is 10.4. The Bertz CT molecular complexity index is 155.